The maximum Gasteiger partial charge on any atom is 0.153 e. The van der Waals surface area contributed by atoms with Gasteiger partial charge in [0.2, 0.25) is 0 Å². The van der Waals surface area contributed by atoms with Crippen LogP contribution >= 0.6 is 0 Å². The summed E-state index contributed by atoms with van der Waals surface area (Å²) in [5.41, 5.74) is 8.70. The zero-order valence-corrected chi connectivity index (χ0v) is 10.1. The van der Waals surface area contributed by atoms with Gasteiger partial charge in [0.1, 0.15) is 0 Å². The fourth-order valence-electron chi connectivity index (χ4n) is 1.88. The van der Waals surface area contributed by atoms with Gasteiger partial charge in [-0.15, -0.1) is 0 Å². The zero-order valence-electron chi connectivity index (χ0n) is 9.31. The molecule has 0 bridgehead atoms. The monoisotopic (exact) mass is 240 g/mol. The molecule has 1 aliphatic rings. The topological polar surface area (TPSA) is 63.4 Å². The van der Waals surface area contributed by atoms with Crippen LogP contribution in [-0.2, 0) is 9.84 Å². The van der Waals surface area contributed by atoms with Crippen LogP contribution < -0.4 is 10.6 Å². The lowest BCUT2D eigenvalue weighted by molar-refractivity contribution is 0.587. The Morgan fingerprint density at radius 1 is 1.25 bits per heavy atom. The van der Waals surface area contributed by atoms with Gasteiger partial charge >= 0.3 is 0 Å². The lowest BCUT2D eigenvalue weighted by Gasteiger charge is -2.29. The van der Waals surface area contributed by atoms with E-state index in [1.54, 1.807) is 0 Å². The fourth-order valence-corrected chi connectivity index (χ4v) is 3.08. The number of nitrogens with zero attached hydrogens (tertiary/aromatic N) is 1. The second-order valence-corrected chi connectivity index (χ2v) is 6.50. The normalized spacial score (nSPS) is 19.7. The van der Waals surface area contributed by atoms with Crippen LogP contribution in [0.1, 0.15) is 5.56 Å². The highest BCUT2D eigenvalue weighted by Crippen LogP contribution is 2.25. The molecular formula is C11H16N2O2S. The molecule has 4 nitrogen and oxygen atoms in total. The molecule has 1 heterocycles. The Bertz CT molecular complexity index is 483. The molecule has 0 saturated carbocycles. The van der Waals surface area contributed by atoms with Crippen molar-refractivity contribution in [3.05, 3.63) is 23.8 Å². The van der Waals surface area contributed by atoms with E-state index < -0.39 is 9.84 Å². The summed E-state index contributed by atoms with van der Waals surface area (Å²) in [5.74, 6) is 0.445. The summed E-state index contributed by atoms with van der Waals surface area (Å²) < 4.78 is 22.6. The summed E-state index contributed by atoms with van der Waals surface area (Å²) in [7, 11) is -2.83. The number of nitrogens with two attached hydrogens (primary N) is 1. The molecule has 0 aromatic heterocycles. The van der Waals surface area contributed by atoms with Crippen molar-refractivity contribution >= 4 is 21.2 Å². The Labute approximate surface area is 96.0 Å². The Kier molecular flexibility index (Phi) is 2.80. The minimum absolute atomic E-state index is 0.223. The second kappa shape index (κ2) is 3.97. The second-order valence-electron chi connectivity index (χ2n) is 4.20. The van der Waals surface area contributed by atoms with E-state index in [4.69, 9.17) is 5.73 Å². The molecule has 2 rings (SSSR count). The molecule has 0 atom stereocenters. The summed E-state index contributed by atoms with van der Waals surface area (Å²) >= 11 is 0. The van der Waals surface area contributed by atoms with E-state index in [-0.39, 0.29) is 11.5 Å². The maximum atomic E-state index is 11.3. The first-order valence-corrected chi connectivity index (χ1v) is 7.11. The molecule has 0 radical (unpaired) electrons. The average molecular weight is 240 g/mol. The van der Waals surface area contributed by atoms with Crippen LogP contribution in [0.25, 0.3) is 0 Å². The molecule has 16 heavy (non-hydrogen) atoms. The van der Waals surface area contributed by atoms with Gasteiger partial charge in [-0.1, -0.05) is 6.07 Å². The highest BCUT2D eigenvalue weighted by Gasteiger charge is 2.22. The van der Waals surface area contributed by atoms with E-state index in [2.05, 4.69) is 0 Å². The van der Waals surface area contributed by atoms with Crippen molar-refractivity contribution in [3.8, 4) is 0 Å². The molecule has 0 aliphatic carbocycles. The van der Waals surface area contributed by atoms with Gasteiger partial charge in [-0.3, -0.25) is 0 Å². The summed E-state index contributed by atoms with van der Waals surface area (Å²) in [6, 6.07) is 5.83. The molecule has 1 fully saturated rings. The third-order valence-electron chi connectivity index (χ3n) is 2.87. The van der Waals surface area contributed by atoms with Crippen molar-refractivity contribution < 1.29 is 8.42 Å². The first-order valence-electron chi connectivity index (χ1n) is 5.29. The minimum atomic E-state index is -2.83. The van der Waals surface area contributed by atoms with E-state index >= 15 is 0 Å². The van der Waals surface area contributed by atoms with Crippen LogP contribution in [0.3, 0.4) is 0 Å². The van der Waals surface area contributed by atoms with Gasteiger partial charge in [0.05, 0.1) is 22.9 Å². The quantitative estimate of drug-likeness (QED) is 0.738. The third kappa shape index (κ3) is 2.29. The predicted octanol–water partition coefficient (Wildman–Crippen LogP) is 0.812. The Balaban J connectivity index is 2.23. The number of aryl methyl sites for hydroxylation is 1. The number of rotatable bonds is 1. The largest absolute Gasteiger partial charge is 0.397 e. The van der Waals surface area contributed by atoms with Crippen molar-refractivity contribution in [2.24, 2.45) is 0 Å². The van der Waals surface area contributed by atoms with Crippen LogP contribution in [-0.4, -0.2) is 33.0 Å². The van der Waals surface area contributed by atoms with Crippen molar-refractivity contribution in [1.82, 2.24) is 0 Å². The molecule has 1 aliphatic heterocycles. The average Bonchev–Trinajstić information content (AvgIpc) is 2.22. The number of hydrogen-bond acceptors (Lipinski definition) is 4. The first kappa shape index (κ1) is 11.3. The SMILES string of the molecule is Cc1ccc(N)c(N2CCS(=O)(=O)CC2)c1. The molecular weight excluding hydrogens is 224 g/mol. The first-order chi connectivity index (χ1) is 7.48. The van der Waals surface area contributed by atoms with E-state index in [1.807, 2.05) is 30.0 Å². The molecule has 88 valence electrons. The lowest BCUT2D eigenvalue weighted by atomic mass is 10.1. The molecule has 0 spiro atoms. The maximum absolute atomic E-state index is 11.3. The Morgan fingerprint density at radius 3 is 2.50 bits per heavy atom. The number of sulfone groups is 1. The highest BCUT2D eigenvalue weighted by molar-refractivity contribution is 7.91. The van der Waals surface area contributed by atoms with Crippen molar-refractivity contribution in [1.29, 1.82) is 0 Å². The van der Waals surface area contributed by atoms with Crippen LogP contribution in [0.4, 0.5) is 11.4 Å². The van der Waals surface area contributed by atoms with Crippen LogP contribution in [0.2, 0.25) is 0 Å². The van der Waals surface area contributed by atoms with Gasteiger partial charge in [-0.2, -0.15) is 0 Å². The van der Waals surface area contributed by atoms with Gasteiger partial charge < -0.3 is 10.6 Å². The molecule has 5 heteroatoms. The van der Waals surface area contributed by atoms with Gasteiger partial charge in [0.25, 0.3) is 0 Å². The number of anilines is 2. The molecule has 1 aromatic rings. The van der Waals surface area contributed by atoms with Crippen LogP contribution in [0.15, 0.2) is 18.2 Å². The van der Waals surface area contributed by atoms with Gasteiger partial charge in [0, 0.05) is 13.1 Å². The van der Waals surface area contributed by atoms with Gasteiger partial charge in [0.15, 0.2) is 9.84 Å². The Morgan fingerprint density at radius 2 is 1.88 bits per heavy atom. The smallest absolute Gasteiger partial charge is 0.153 e. The highest BCUT2D eigenvalue weighted by atomic mass is 32.2. The zero-order chi connectivity index (χ0) is 11.8. The van der Waals surface area contributed by atoms with Gasteiger partial charge in [-0.25, -0.2) is 8.42 Å². The minimum Gasteiger partial charge on any atom is -0.397 e. The molecule has 1 aromatic carbocycles. The summed E-state index contributed by atoms with van der Waals surface area (Å²) in [6.45, 7) is 3.08. The standard InChI is InChI=1S/C11H16N2O2S/c1-9-2-3-10(12)11(8-9)13-4-6-16(14,15)7-5-13/h2-3,8H,4-7,12H2,1H3. The van der Waals surface area contributed by atoms with Crippen molar-refractivity contribution in [3.63, 3.8) is 0 Å². The van der Waals surface area contributed by atoms with Crippen molar-refractivity contribution in [2.75, 3.05) is 35.2 Å². The van der Waals surface area contributed by atoms with Gasteiger partial charge in [-0.05, 0) is 24.6 Å². The number of benzene rings is 1. The molecule has 0 amide bonds. The number of nitrogen functional groups attached to an aromatic ring is 1. The number of hydrogen-bond donors (Lipinski definition) is 1. The van der Waals surface area contributed by atoms with Crippen LogP contribution in [0.5, 0.6) is 0 Å². The molecule has 1 saturated heterocycles. The summed E-state index contributed by atoms with van der Waals surface area (Å²) in [4.78, 5) is 2.05. The summed E-state index contributed by atoms with van der Waals surface area (Å²) in [5, 5.41) is 0. The van der Waals surface area contributed by atoms with E-state index in [9.17, 15) is 8.42 Å². The van der Waals surface area contributed by atoms with E-state index in [0.717, 1.165) is 11.3 Å². The van der Waals surface area contributed by atoms with E-state index in [0.29, 0.717) is 18.8 Å². The van der Waals surface area contributed by atoms with E-state index in [1.165, 1.54) is 0 Å². The molecule has 0 unspecified atom stereocenters. The fraction of sp³-hybridized carbons (Fsp3) is 0.455. The summed E-state index contributed by atoms with van der Waals surface area (Å²) in [6.07, 6.45) is 0. The lowest BCUT2D eigenvalue weighted by Crippen LogP contribution is -2.40. The molecule has 2 N–H and O–H groups in total. The van der Waals surface area contributed by atoms with Crippen molar-refractivity contribution in [2.45, 2.75) is 6.92 Å². The predicted molar refractivity (Wildman–Crippen MR) is 66.5 cm³/mol. The Hall–Kier alpha value is -1.23. The van der Waals surface area contributed by atoms with Crippen LogP contribution in [0, 0.1) is 6.92 Å². The third-order valence-corrected chi connectivity index (χ3v) is 4.48.